The molecule has 0 amide bonds. The Morgan fingerprint density at radius 2 is 1.76 bits per heavy atom. The summed E-state index contributed by atoms with van der Waals surface area (Å²) >= 11 is 0. The Balaban J connectivity index is 2.15. The number of hydrogen-bond donors (Lipinski definition) is 1. The van der Waals surface area contributed by atoms with E-state index < -0.39 is 4.92 Å². The van der Waals surface area contributed by atoms with Gasteiger partial charge in [0.15, 0.2) is 17.2 Å². The molecular weight excluding hydrogens is 378 g/mol. The Hall–Kier alpha value is -3.49. The van der Waals surface area contributed by atoms with Gasteiger partial charge in [-0.2, -0.15) is 0 Å². The highest BCUT2D eigenvalue weighted by Gasteiger charge is 2.24. The van der Waals surface area contributed by atoms with Crippen molar-refractivity contribution >= 4 is 16.7 Å². The number of ether oxygens (including phenoxy) is 4. The van der Waals surface area contributed by atoms with E-state index in [4.69, 9.17) is 18.9 Å². The molecule has 0 saturated heterocycles. The predicted molar refractivity (Wildman–Crippen MR) is 108 cm³/mol. The first kappa shape index (κ1) is 20.2. The van der Waals surface area contributed by atoms with E-state index in [9.17, 15) is 10.1 Å². The molecule has 0 spiro atoms. The highest BCUT2D eigenvalue weighted by atomic mass is 16.6. The van der Waals surface area contributed by atoms with Crippen LogP contribution in [0, 0.1) is 10.1 Å². The molecule has 0 bridgehead atoms. The normalized spacial score (nSPS) is 10.8. The number of rotatable bonds is 9. The Morgan fingerprint density at radius 1 is 1.03 bits per heavy atom. The van der Waals surface area contributed by atoms with Crippen molar-refractivity contribution in [3.8, 4) is 34.4 Å². The second kappa shape index (κ2) is 8.68. The molecule has 0 unspecified atom stereocenters. The minimum Gasteiger partial charge on any atom is -0.493 e. The second-order valence-electron chi connectivity index (χ2n) is 6.17. The number of nitrogens with zero attached hydrogens (tertiary/aromatic N) is 2. The molecule has 0 atom stereocenters. The molecular formula is C20H23N3O6. The molecule has 0 aliphatic heterocycles. The number of nitro groups is 1. The molecule has 0 aliphatic rings. The number of methoxy groups -OCH3 is 2. The first-order valence-electron chi connectivity index (χ1n) is 9.22. The van der Waals surface area contributed by atoms with Crippen LogP contribution >= 0.6 is 0 Å². The van der Waals surface area contributed by atoms with E-state index in [1.54, 1.807) is 32.4 Å². The van der Waals surface area contributed by atoms with Crippen molar-refractivity contribution in [1.29, 1.82) is 0 Å². The van der Waals surface area contributed by atoms with Gasteiger partial charge in [-0.3, -0.25) is 10.1 Å². The molecule has 0 radical (unpaired) electrons. The van der Waals surface area contributed by atoms with Crippen LogP contribution in [0.5, 0.6) is 23.0 Å². The number of nitro benzene ring substituents is 1. The zero-order valence-electron chi connectivity index (χ0n) is 16.8. The molecule has 0 aliphatic carbocycles. The fraction of sp³-hybridized carbons (Fsp3) is 0.350. The SMILES string of the molecule is CCCOc1c(OCC)cc(-c2nc3cc(OC)c(OC)cc3[nH]2)cc1[N+](=O)[O-]. The molecule has 9 nitrogen and oxygen atoms in total. The monoisotopic (exact) mass is 401 g/mol. The van der Waals surface area contributed by atoms with Gasteiger partial charge in [-0.05, 0) is 19.4 Å². The summed E-state index contributed by atoms with van der Waals surface area (Å²) in [5.74, 6) is 1.99. The minimum atomic E-state index is -0.480. The van der Waals surface area contributed by atoms with Crippen molar-refractivity contribution in [3.63, 3.8) is 0 Å². The number of nitrogens with one attached hydrogen (secondary N) is 1. The number of aromatic amines is 1. The number of benzene rings is 2. The lowest BCUT2D eigenvalue weighted by molar-refractivity contribution is -0.385. The van der Waals surface area contributed by atoms with Crippen LogP contribution in [0.4, 0.5) is 5.69 Å². The van der Waals surface area contributed by atoms with Crippen LogP contribution in [0.15, 0.2) is 24.3 Å². The Kier molecular flexibility index (Phi) is 6.06. The van der Waals surface area contributed by atoms with Crippen LogP contribution in [0.25, 0.3) is 22.4 Å². The van der Waals surface area contributed by atoms with Gasteiger partial charge in [-0.15, -0.1) is 0 Å². The summed E-state index contributed by atoms with van der Waals surface area (Å²) in [6, 6.07) is 6.62. The van der Waals surface area contributed by atoms with E-state index in [0.717, 1.165) is 6.42 Å². The number of H-pyrrole nitrogens is 1. The smallest absolute Gasteiger partial charge is 0.315 e. The summed E-state index contributed by atoms with van der Waals surface area (Å²) in [5, 5.41) is 11.7. The number of fused-ring (bicyclic) bond motifs is 1. The van der Waals surface area contributed by atoms with Gasteiger partial charge in [0.1, 0.15) is 5.82 Å². The third-order valence-electron chi connectivity index (χ3n) is 4.24. The lowest BCUT2D eigenvalue weighted by Gasteiger charge is -2.13. The van der Waals surface area contributed by atoms with Crippen LogP contribution in [0.3, 0.4) is 0 Å². The molecule has 3 aromatic rings. The summed E-state index contributed by atoms with van der Waals surface area (Å²) in [6.45, 7) is 4.43. The van der Waals surface area contributed by atoms with Gasteiger partial charge in [0.05, 0.1) is 43.4 Å². The third-order valence-corrected chi connectivity index (χ3v) is 4.24. The zero-order chi connectivity index (χ0) is 21.0. The van der Waals surface area contributed by atoms with Gasteiger partial charge in [0.25, 0.3) is 0 Å². The van der Waals surface area contributed by atoms with Crippen molar-refractivity contribution in [1.82, 2.24) is 9.97 Å². The van der Waals surface area contributed by atoms with Gasteiger partial charge < -0.3 is 23.9 Å². The second-order valence-corrected chi connectivity index (χ2v) is 6.17. The number of imidazole rings is 1. The van der Waals surface area contributed by atoms with E-state index in [0.29, 0.717) is 52.9 Å². The highest BCUT2D eigenvalue weighted by Crippen LogP contribution is 2.41. The fourth-order valence-electron chi connectivity index (χ4n) is 2.95. The van der Waals surface area contributed by atoms with Crippen molar-refractivity contribution in [3.05, 3.63) is 34.4 Å². The molecule has 29 heavy (non-hydrogen) atoms. The Labute approximate surface area is 167 Å². The minimum absolute atomic E-state index is 0.127. The van der Waals surface area contributed by atoms with Gasteiger partial charge in [-0.1, -0.05) is 6.92 Å². The standard InChI is InChI=1S/C20H23N3O6/c1-5-7-29-19-15(23(24)25)8-12(9-18(19)28-6-2)20-21-13-10-16(26-3)17(27-4)11-14(13)22-20/h8-11H,5-7H2,1-4H3,(H,21,22). The largest absolute Gasteiger partial charge is 0.493 e. The molecule has 2 aromatic carbocycles. The van der Waals surface area contributed by atoms with Crippen molar-refractivity contribution in [2.75, 3.05) is 27.4 Å². The lowest BCUT2D eigenvalue weighted by Crippen LogP contribution is -2.04. The van der Waals surface area contributed by atoms with Crippen LogP contribution in [-0.2, 0) is 0 Å². The van der Waals surface area contributed by atoms with Gasteiger partial charge in [0.2, 0.25) is 5.75 Å². The summed E-state index contributed by atoms with van der Waals surface area (Å²) in [5.41, 5.74) is 1.70. The van der Waals surface area contributed by atoms with E-state index in [1.807, 2.05) is 13.8 Å². The van der Waals surface area contributed by atoms with E-state index >= 15 is 0 Å². The van der Waals surface area contributed by atoms with Gasteiger partial charge in [0, 0.05) is 23.8 Å². The first-order valence-corrected chi connectivity index (χ1v) is 9.22. The topological polar surface area (TPSA) is 109 Å². The zero-order valence-corrected chi connectivity index (χ0v) is 16.8. The van der Waals surface area contributed by atoms with E-state index in [2.05, 4.69) is 9.97 Å². The maximum atomic E-state index is 11.7. The molecule has 9 heteroatoms. The number of aromatic nitrogens is 2. The van der Waals surface area contributed by atoms with Crippen LogP contribution in [-0.4, -0.2) is 42.3 Å². The van der Waals surface area contributed by atoms with Crippen molar-refractivity contribution < 1.29 is 23.9 Å². The average molecular weight is 401 g/mol. The molecule has 0 saturated carbocycles. The third kappa shape index (κ3) is 4.03. The van der Waals surface area contributed by atoms with Crippen molar-refractivity contribution in [2.24, 2.45) is 0 Å². The van der Waals surface area contributed by atoms with Crippen molar-refractivity contribution in [2.45, 2.75) is 20.3 Å². The van der Waals surface area contributed by atoms with Gasteiger partial charge >= 0.3 is 5.69 Å². The quantitative estimate of drug-likeness (QED) is 0.419. The summed E-state index contributed by atoms with van der Waals surface area (Å²) in [7, 11) is 3.09. The highest BCUT2D eigenvalue weighted by molar-refractivity contribution is 5.84. The predicted octanol–water partition coefficient (Wildman–Crippen LogP) is 4.34. The summed E-state index contributed by atoms with van der Waals surface area (Å²) < 4.78 is 21.9. The maximum Gasteiger partial charge on any atom is 0.315 e. The van der Waals surface area contributed by atoms with Gasteiger partial charge in [-0.25, -0.2) is 4.98 Å². The summed E-state index contributed by atoms with van der Waals surface area (Å²) in [6.07, 6.45) is 0.720. The van der Waals surface area contributed by atoms with Crippen LogP contribution in [0.2, 0.25) is 0 Å². The fourth-order valence-corrected chi connectivity index (χ4v) is 2.95. The van der Waals surface area contributed by atoms with E-state index in [-0.39, 0.29) is 11.4 Å². The Morgan fingerprint density at radius 3 is 2.38 bits per heavy atom. The molecule has 1 heterocycles. The average Bonchev–Trinajstić information content (AvgIpc) is 3.14. The molecule has 1 N–H and O–H groups in total. The molecule has 3 rings (SSSR count). The van der Waals surface area contributed by atoms with E-state index in [1.165, 1.54) is 6.07 Å². The van der Waals surface area contributed by atoms with Crippen LogP contribution < -0.4 is 18.9 Å². The maximum absolute atomic E-state index is 11.7. The summed E-state index contributed by atoms with van der Waals surface area (Å²) in [4.78, 5) is 18.9. The van der Waals surface area contributed by atoms with Crippen LogP contribution in [0.1, 0.15) is 20.3 Å². The molecule has 0 fully saturated rings. The Bertz CT molecular complexity index is 990. The number of hydrogen-bond acceptors (Lipinski definition) is 7. The molecule has 1 aromatic heterocycles. The molecule has 154 valence electrons. The lowest BCUT2D eigenvalue weighted by atomic mass is 10.1. The first-order chi connectivity index (χ1) is 14.0.